The minimum absolute atomic E-state index is 0.0222. The third-order valence-electron chi connectivity index (χ3n) is 19.6. The van der Waals surface area contributed by atoms with E-state index < -0.39 is 17.4 Å². The lowest BCUT2D eigenvalue weighted by Crippen LogP contribution is -2.54. The zero-order valence-corrected chi connectivity index (χ0v) is 48.1. The lowest BCUT2D eigenvalue weighted by molar-refractivity contribution is -0.231. The van der Waals surface area contributed by atoms with Gasteiger partial charge in [0, 0.05) is 148 Å². The highest BCUT2D eigenvalue weighted by Crippen LogP contribution is 2.44. The molecule has 3 saturated heterocycles. The van der Waals surface area contributed by atoms with E-state index in [-0.39, 0.29) is 22.9 Å². The smallest absolute Gasteiger partial charge is 0.267 e. The maximum absolute atomic E-state index is 11.8. The molecule has 6 fully saturated rings. The number of H-pyrrole nitrogens is 2. The maximum atomic E-state index is 11.8. The molecule has 10 aliphatic rings. The van der Waals surface area contributed by atoms with Crippen molar-refractivity contribution in [3.8, 4) is 39.8 Å². The Kier molecular flexibility index (Phi) is 15.2. The lowest BCUT2D eigenvalue weighted by Gasteiger charge is -2.47. The fraction of sp³-hybridized carbons (Fsp3) is 0.562. The molecule has 3 aromatic carbocycles. The van der Waals surface area contributed by atoms with Crippen molar-refractivity contribution in [2.45, 2.75) is 186 Å². The van der Waals surface area contributed by atoms with E-state index in [9.17, 15) is 14.4 Å². The molecule has 1 unspecified atom stereocenters. The van der Waals surface area contributed by atoms with Gasteiger partial charge in [-0.3, -0.25) is 29.1 Å². The number of fused-ring (bicyclic) bond motifs is 3. The number of aryl methyl sites for hydroxylation is 1. The predicted molar refractivity (Wildman–Crippen MR) is 309 cm³/mol. The summed E-state index contributed by atoms with van der Waals surface area (Å²) in [5.41, 5.74) is 13.3. The van der Waals surface area contributed by atoms with Crippen LogP contribution in [0.2, 0.25) is 0 Å². The predicted octanol–water partition coefficient (Wildman–Crippen LogP) is 9.11. The van der Waals surface area contributed by atoms with Gasteiger partial charge in [0.15, 0.2) is 0 Å². The van der Waals surface area contributed by atoms with Crippen molar-refractivity contribution >= 4 is 11.6 Å². The van der Waals surface area contributed by atoms with Crippen LogP contribution < -0.4 is 30.8 Å². The monoisotopic (exact) mass is 1120 g/mol. The normalized spacial score (nSPS) is 23.9. The molecule has 18 nitrogen and oxygen atoms in total. The molecule has 1 amide bonds. The van der Waals surface area contributed by atoms with Gasteiger partial charge >= 0.3 is 0 Å². The van der Waals surface area contributed by atoms with E-state index in [1.165, 1.54) is 57.8 Å². The molecule has 7 aliphatic heterocycles. The van der Waals surface area contributed by atoms with Crippen LogP contribution in [0.25, 0.3) is 22.5 Å². The van der Waals surface area contributed by atoms with Gasteiger partial charge in [0.1, 0.15) is 17.2 Å². The average Bonchev–Trinajstić information content (AvgIpc) is 3.62. The molecule has 3 spiro atoms. The van der Waals surface area contributed by atoms with E-state index in [1.807, 2.05) is 64.1 Å². The zero-order chi connectivity index (χ0) is 56.2. The van der Waals surface area contributed by atoms with Gasteiger partial charge in [0.2, 0.25) is 23.3 Å². The largest absolute Gasteiger partial charge is 0.462 e. The summed E-state index contributed by atoms with van der Waals surface area (Å²) in [5.74, 6) is 1.43. The van der Waals surface area contributed by atoms with Crippen molar-refractivity contribution < 1.29 is 33.2 Å². The van der Waals surface area contributed by atoms with Crippen LogP contribution in [0.3, 0.4) is 0 Å². The number of hydrazone groups is 1. The molecular formula is C64H79N9O9. The summed E-state index contributed by atoms with van der Waals surface area (Å²) < 4.78 is 37.8. The van der Waals surface area contributed by atoms with Crippen LogP contribution >= 0.6 is 0 Å². The van der Waals surface area contributed by atoms with E-state index in [0.29, 0.717) is 31.8 Å². The zero-order valence-electron chi connectivity index (χ0n) is 48.1. The van der Waals surface area contributed by atoms with Crippen LogP contribution in [0.1, 0.15) is 149 Å². The van der Waals surface area contributed by atoms with E-state index in [2.05, 4.69) is 63.8 Å². The Labute approximate surface area is 479 Å². The van der Waals surface area contributed by atoms with E-state index in [1.54, 1.807) is 6.07 Å². The lowest BCUT2D eigenvalue weighted by atomic mass is 9.89. The topological polar surface area (TPSA) is 198 Å². The van der Waals surface area contributed by atoms with Crippen LogP contribution in [0, 0.1) is 26.7 Å². The highest BCUT2D eigenvalue weighted by molar-refractivity contribution is 6.05. The number of nitrogens with zero attached hydrogens (tertiary/aromatic N) is 6. The quantitative estimate of drug-likeness (QED) is 0.146. The number of carbonyl (C=O) groups excluding carboxylic acids is 1. The van der Waals surface area contributed by atoms with Crippen LogP contribution in [-0.4, -0.2) is 121 Å². The second-order valence-corrected chi connectivity index (χ2v) is 24.8. The Morgan fingerprint density at radius 1 is 0.512 bits per heavy atom. The average molecular weight is 1120 g/mol. The summed E-state index contributed by atoms with van der Waals surface area (Å²) in [5, 5.41) is 17.8. The molecular weight excluding hydrogens is 1040 g/mol. The first kappa shape index (κ1) is 54.9. The fourth-order valence-electron chi connectivity index (χ4n) is 13.5. The molecule has 15 rings (SSSR count). The molecule has 9 heterocycles. The number of ether oxygens (including phenoxy) is 6. The molecule has 3 N–H and O–H groups in total. The second-order valence-electron chi connectivity index (χ2n) is 24.8. The number of hydrogen-bond donors (Lipinski definition) is 3. The van der Waals surface area contributed by atoms with Crippen molar-refractivity contribution in [2.24, 2.45) is 11.0 Å². The molecule has 1 atom stereocenters. The fourth-order valence-corrected chi connectivity index (χ4v) is 13.5. The summed E-state index contributed by atoms with van der Waals surface area (Å²) >= 11 is 0. The minimum Gasteiger partial charge on any atom is -0.462 e. The number of rotatable bonds is 6. The SMILES string of the molecule is CC1CC(=O)NN=C1c1ccc2c(c1)COC1(CCN(C3CCC3)CC1)O2.Cc1c(-c2ccc3c(c2)COC2(CCN(C4CCC4)CC2)O3)n[nH]c(=O)c1C.Cc1cc(=O)[nH]nc1-c1ccc2c(c1)COC1(CCN(C3CCC3)CC1)O2. The molecule has 82 heavy (non-hydrogen) atoms. The molecule has 18 heteroatoms. The first-order chi connectivity index (χ1) is 39.8. The van der Waals surface area contributed by atoms with E-state index in [4.69, 9.17) is 28.4 Å². The third-order valence-corrected chi connectivity index (χ3v) is 19.6. The van der Waals surface area contributed by atoms with Gasteiger partial charge in [0.05, 0.1) is 36.9 Å². The van der Waals surface area contributed by atoms with Gasteiger partial charge in [0.25, 0.3) is 11.1 Å². The molecule has 0 bridgehead atoms. The van der Waals surface area contributed by atoms with Crippen molar-refractivity contribution in [1.29, 1.82) is 0 Å². The van der Waals surface area contributed by atoms with Crippen LogP contribution in [0.5, 0.6) is 17.2 Å². The Morgan fingerprint density at radius 2 is 0.927 bits per heavy atom. The van der Waals surface area contributed by atoms with Crippen LogP contribution in [-0.2, 0) is 38.8 Å². The number of aromatic amines is 2. The highest BCUT2D eigenvalue weighted by atomic mass is 16.7. The first-order valence-electron chi connectivity index (χ1n) is 30.4. The van der Waals surface area contributed by atoms with Gasteiger partial charge in [-0.25, -0.2) is 15.6 Å². The van der Waals surface area contributed by atoms with Gasteiger partial charge < -0.3 is 28.4 Å². The number of amides is 1. The number of hydrogen-bond acceptors (Lipinski definition) is 15. The van der Waals surface area contributed by atoms with Gasteiger partial charge in [-0.15, -0.1) is 0 Å². The Balaban J connectivity index is 0.000000115. The molecule has 5 aromatic rings. The Bertz CT molecular complexity index is 3340. The maximum Gasteiger partial charge on any atom is 0.267 e. The summed E-state index contributed by atoms with van der Waals surface area (Å²) in [6.45, 7) is 15.7. The van der Waals surface area contributed by atoms with E-state index >= 15 is 0 Å². The standard InChI is InChI=1S/C22H27N3O3.C21H27N3O3.C21H25N3O3/c1-14-15(2)21(26)24-23-20(14)16-6-7-19-17(12-16)13-27-22(28-19)8-10-25(11-9-22)18-4-3-5-18;2*1-14-11-19(25)22-23-20(14)15-5-6-18-16(12-15)13-26-21(27-18)7-9-24(10-8-21)17-3-2-4-17/h6-7,12,18H,3-5,8-11,13H2,1-2H3,(H,24,26);5-6,12,14,17H,2-4,7-11,13H2,1H3,(H,22,25);5-6,11-12,17H,2-4,7-10,13H2,1H3,(H,22,25). The molecule has 434 valence electrons. The van der Waals surface area contributed by atoms with Crippen molar-refractivity contribution in [3.63, 3.8) is 0 Å². The van der Waals surface area contributed by atoms with Gasteiger partial charge in [-0.1, -0.05) is 26.2 Å². The third kappa shape index (κ3) is 11.2. The second kappa shape index (κ2) is 22.7. The molecule has 2 aromatic heterocycles. The van der Waals surface area contributed by atoms with Gasteiger partial charge in [-0.2, -0.15) is 15.3 Å². The van der Waals surface area contributed by atoms with E-state index in [0.717, 1.165) is 175 Å². The molecule has 3 saturated carbocycles. The van der Waals surface area contributed by atoms with Crippen LogP contribution in [0.15, 0.2) is 75.4 Å². The molecule has 3 aliphatic carbocycles. The van der Waals surface area contributed by atoms with Crippen molar-refractivity contribution in [2.75, 3.05) is 39.3 Å². The Hall–Kier alpha value is -6.28. The number of benzene rings is 3. The number of likely N-dealkylation sites (tertiary alicyclic amines) is 3. The number of piperidine rings is 3. The summed E-state index contributed by atoms with van der Waals surface area (Å²) in [6, 6.07) is 22.3. The summed E-state index contributed by atoms with van der Waals surface area (Å²) in [4.78, 5) is 42.5. The summed E-state index contributed by atoms with van der Waals surface area (Å²) in [6.07, 6.45) is 18.2. The number of carbonyl (C=O) groups is 1. The molecule has 0 radical (unpaired) electrons. The van der Waals surface area contributed by atoms with Crippen LogP contribution in [0.4, 0.5) is 0 Å². The number of aromatic nitrogens is 4. The number of nitrogens with one attached hydrogen (secondary N) is 3. The summed E-state index contributed by atoms with van der Waals surface area (Å²) in [7, 11) is 0. The first-order valence-corrected chi connectivity index (χ1v) is 30.4. The Morgan fingerprint density at radius 3 is 1.34 bits per heavy atom. The van der Waals surface area contributed by atoms with Crippen molar-refractivity contribution in [1.82, 2.24) is 40.5 Å². The minimum atomic E-state index is -0.475. The van der Waals surface area contributed by atoms with Gasteiger partial charge in [-0.05, 0) is 131 Å². The highest BCUT2D eigenvalue weighted by Gasteiger charge is 2.46. The van der Waals surface area contributed by atoms with Crippen molar-refractivity contribution in [3.05, 3.63) is 120 Å².